The van der Waals surface area contributed by atoms with Crippen LogP contribution in [0.1, 0.15) is 39.0 Å². The highest BCUT2D eigenvalue weighted by Crippen LogP contribution is 2.28. The highest BCUT2D eigenvalue weighted by molar-refractivity contribution is 8.13. The Morgan fingerprint density at radius 3 is 2.84 bits per heavy atom. The lowest BCUT2D eigenvalue weighted by molar-refractivity contribution is -0.129. The van der Waals surface area contributed by atoms with E-state index in [1.54, 1.807) is 6.92 Å². The second-order valence-electron chi connectivity index (χ2n) is 5.78. The Morgan fingerprint density at radius 2 is 2.16 bits per heavy atom. The molecular formula is C14H23NO3S. The normalized spacial score (nSPS) is 31.8. The van der Waals surface area contributed by atoms with Gasteiger partial charge in [0, 0.05) is 38.1 Å². The first-order chi connectivity index (χ1) is 9.06. The molecule has 2 rings (SSSR count). The number of carbonyl (C=O) groups excluding carboxylic acids is 2. The third-order valence-electron chi connectivity index (χ3n) is 4.14. The number of carbonyl (C=O) groups is 2. The molecule has 4 nitrogen and oxygen atoms in total. The van der Waals surface area contributed by atoms with Crippen molar-refractivity contribution in [1.82, 2.24) is 4.90 Å². The van der Waals surface area contributed by atoms with Gasteiger partial charge in [-0.1, -0.05) is 24.6 Å². The fourth-order valence-corrected chi connectivity index (χ4v) is 3.76. The summed E-state index contributed by atoms with van der Waals surface area (Å²) in [4.78, 5) is 24.8. The van der Waals surface area contributed by atoms with Crippen LogP contribution in [0.15, 0.2) is 0 Å². The zero-order chi connectivity index (χ0) is 13.8. The quantitative estimate of drug-likeness (QED) is 0.853. The topological polar surface area (TPSA) is 57.6 Å². The van der Waals surface area contributed by atoms with Crippen molar-refractivity contribution in [3.63, 3.8) is 0 Å². The van der Waals surface area contributed by atoms with Gasteiger partial charge in [-0.05, 0) is 18.8 Å². The molecule has 3 unspecified atom stereocenters. The molecule has 5 heteroatoms. The zero-order valence-corrected chi connectivity index (χ0v) is 12.3. The van der Waals surface area contributed by atoms with Gasteiger partial charge in [-0.2, -0.15) is 0 Å². The molecule has 1 heterocycles. The Balaban J connectivity index is 1.80. The van der Waals surface area contributed by atoms with E-state index in [1.807, 2.05) is 4.90 Å². The predicted octanol–water partition coefficient (Wildman–Crippen LogP) is 1.67. The van der Waals surface area contributed by atoms with Crippen molar-refractivity contribution < 1.29 is 14.7 Å². The first-order valence-electron chi connectivity index (χ1n) is 7.15. The Kier molecular flexibility index (Phi) is 5.28. The van der Waals surface area contributed by atoms with E-state index in [4.69, 9.17) is 0 Å². The van der Waals surface area contributed by atoms with Crippen LogP contribution < -0.4 is 0 Å². The zero-order valence-electron chi connectivity index (χ0n) is 11.5. The lowest BCUT2D eigenvalue weighted by Crippen LogP contribution is -2.37. The minimum Gasteiger partial charge on any atom is -0.393 e. The first-order valence-corrected chi connectivity index (χ1v) is 8.14. The largest absolute Gasteiger partial charge is 0.393 e. The molecular weight excluding hydrogens is 262 g/mol. The average molecular weight is 285 g/mol. The van der Waals surface area contributed by atoms with Crippen molar-refractivity contribution in [2.75, 3.05) is 18.8 Å². The molecule has 1 amide bonds. The van der Waals surface area contributed by atoms with E-state index in [-0.39, 0.29) is 23.0 Å². The minimum absolute atomic E-state index is 0.119. The molecule has 0 bridgehead atoms. The molecule has 0 aromatic carbocycles. The van der Waals surface area contributed by atoms with Gasteiger partial charge < -0.3 is 10.0 Å². The molecule has 0 aromatic heterocycles. The van der Waals surface area contributed by atoms with E-state index in [9.17, 15) is 14.7 Å². The van der Waals surface area contributed by atoms with E-state index in [2.05, 4.69) is 0 Å². The average Bonchev–Trinajstić information content (AvgIpc) is 2.71. The van der Waals surface area contributed by atoms with Crippen LogP contribution in [-0.4, -0.2) is 46.0 Å². The molecule has 1 N–H and O–H groups in total. The molecule has 1 saturated carbocycles. The van der Waals surface area contributed by atoms with Gasteiger partial charge in [0.2, 0.25) is 5.91 Å². The van der Waals surface area contributed by atoms with Gasteiger partial charge in [0.1, 0.15) is 0 Å². The van der Waals surface area contributed by atoms with Crippen molar-refractivity contribution >= 4 is 22.8 Å². The Labute approximate surface area is 118 Å². The second-order valence-corrected chi connectivity index (χ2v) is 6.98. The molecule has 2 aliphatic rings. The van der Waals surface area contributed by atoms with Crippen molar-refractivity contribution in [3.8, 4) is 0 Å². The van der Waals surface area contributed by atoms with E-state index < -0.39 is 0 Å². The number of aliphatic hydroxyl groups is 1. The molecule has 2 fully saturated rings. The van der Waals surface area contributed by atoms with Gasteiger partial charge in [-0.15, -0.1) is 0 Å². The van der Waals surface area contributed by atoms with Crippen LogP contribution >= 0.6 is 11.8 Å². The van der Waals surface area contributed by atoms with Gasteiger partial charge in [0.15, 0.2) is 5.12 Å². The van der Waals surface area contributed by atoms with Crippen molar-refractivity contribution in [2.45, 2.75) is 45.1 Å². The SMILES string of the molecule is CC(=O)SCC1CC(=O)N(CC2CCCCC2O)C1. The number of rotatable bonds is 4. The molecule has 0 spiro atoms. The number of hydrogen-bond acceptors (Lipinski definition) is 4. The van der Waals surface area contributed by atoms with Gasteiger partial charge in [-0.3, -0.25) is 9.59 Å². The monoisotopic (exact) mass is 285 g/mol. The molecule has 1 aliphatic carbocycles. The Hall–Kier alpha value is -0.550. The summed E-state index contributed by atoms with van der Waals surface area (Å²) in [6, 6.07) is 0. The molecule has 3 atom stereocenters. The molecule has 1 aliphatic heterocycles. The molecule has 19 heavy (non-hydrogen) atoms. The number of amides is 1. The standard InChI is InChI=1S/C14H23NO3S/c1-10(16)19-9-11-6-14(18)15(7-11)8-12-4-2-3-5-13(12)17/h11-13,17H,2-9H2,1H3. The second kappa shape index (κ2) is 6.75. The van der Waals surface area contributed by atoms with Crippen molar-refractivity contribution in [3.05, 3.63) is 0 Å². The van der Waals surface area contributed by atoms with Crippen LogP contribution in [0.25, 0.3) is 0 Å². The van der Waals surface area contributed by atoms with E-state index in [0.717, 1.165) is 38.0 Å². The summed E-state index contributed by atoms with van der Waals surface area (Å²) >= 11 is 1.31. The third kappa shape index (κ3) is 4.21. The van der Waals surface area contributed by atoms with Crippen LogP contribution in [0, 0.1) is 11.8 Å². The molecule has 0 radical (unpaired) electrons. The lowest BCUT2D eigenvalue weighted by atomic mass is 9.86. The summed E-state index contributed by atoms with van der Waals surface area (Å²) in [5, 5.41) is 10.1. The molecule has 108 valence electrons. The van der Waals surface area contributed by atoms with Crippen LogP contribution in [0.5, 0.6) is 0 Å². The van der Waals surface area contributed by atoms with Crippen molar-refractivity contribution in [1.29, 1.82) is 0 Å². The summed E-state index contributed by atoms with van der Waals surface area (Å²) in [5.41, 5.74) is 0. The smallest absolute Gasteiger partial charge is 0.222 e. The highest BCUT2D eigenvalue weighted by Gasteiger charge is 2.33. The minimum atomic E-state index is -0.243. The highest BCUT2D eigenvalue weighted by atomic mass is 32.2. The molecule has 0 aromatic rings. The Bertz CT molecular complexity index is 348. The summed E-state index contributed by atoms with van der Waals surface area (Å²) in [7, 11) is 0. The van der Waals surface area contributed by atoms with Crippen LogP contribution in [0.4, 0.5) is 0 Å². The molecule has 1 saturated heterocycles. The lowest BCUT2D eigenvalue weighted by Gasteiger charge is -2.31. The fraction of sp³-hybridized carbons (Fsp3) is 0.857. The fourth-order valence-electron chi connectivity index (χ4n) is 3.06. The van der Waals surface area contributed by atoms with E-state index in [1.165, 1.54) is 11.8 Å². The van der Waals surface area contributed by atoms with Crippen LogP contribution in [0.3, 0.4) is 0 Å². The maximum absolute atomic E-state index is 12.0. The van der Waals surface area contributed by atoms with Gasteiger partial charge in [-0.25, -0.2) is 0 Å². The van der Waals surface area contributed by atoms with E-state index in [0.29, 0.717) is 18.9 Å². The Morgan fingerprint density at radius 1 is 1.42 bits per heavy atom. The summed E-state index contributed by atoms with van der Waals surface area (Å²) in [6.07, 6.45) is 4.47. The number of thioether (sulfide) groups is 1. The summed E-state index contributed by atoms with van der Waals surface area (Å²) in [5.74, 6) is 1.47. The summed E-state index contributed by atoms with van der Waals surface area (Å²) in [6.45, 7) is 3.02. The van der Waals surface area contributed by atoms with Crippen LogP contribution in [-0.2, 0) is 9.59 Å². The van der Waals surface area contributed by atoms with Crippen molar-refractivity contribution in [2.24, 2.45) is 11.8 Å². The third-order valence-corrected chi connectivity index (χ3v) is 5.19. The number of likely N-dealkylation sites (tertiary alicyclic amines) is 1. The number of aliphatic hydroxyl groups excluding tert-OH is 1. The van der Waals surface area contributed by atoms with Crippen LogP contribution in [0.2, 0.25) is 0 Å². The van der Waals surface area contributed by atoms with E-state index >= 15 is 0 Å². The number of nitrogens with zero attached hydrogens (tertiary/aromatic N) is 1. The van der Waals surface area contributed by atoms with Gasteiger partial charge >= 0.3 is 0 Å². The number of hydrogen-bond donors (Lipinski definition) is 1. The summed E-state index contributed by atoms with van der Waals surface area (Å²) < 4.78 is 0. The van der Waals surface area contributed by atoms with Gasteiger partial charge in [0.25, 0.3) is 0 Å². The predicted molar refractivity (Wildman–Crippen MR) is 75.8 cm³/mol. The first kappa shape index (κ1) is 14.9. The maximum atomic E-state index is 12.0. The maximum Gasteiger partial charge on any atom is 0.222 e. The van der Waals surface area contributed by atoms with Gasteiger partial charge in [0.05, 0.1) is 6.10 Å².